The maximum absolute atomic E-state index is 15.4. The Labute approximate surface area is 195 Å². The molecule has 0 unspecified atom stereocenters. The number of carbonyl (C=O) groups excluding carboxylic acids is 1. The highest BCUT2D eigenvalue weighted by Gasteiger charge is 2.42. The van der Waals surface area contributed by atoms with Gasteiger partial charge < -0.3 is 9.47 Å². The monoisotopic (exact) mass is 482 g/mol. The molecule has 4 aromatic rings. The maximum Gasteiger partial charge on any atom is 0.281 e. The van der Waals surface area contributed by atoms with Gasteiger partial charge in [-0.1, -0.05) is 0 Å². The van der Waals surface area contributed by atoms with Crippen LogP contribution in [0.1, 0.15) is 24.2 Å². The van der Waals surface area contributed by atoms with Crippen LogP contribution in [0, 0.1) is 5.82 Å². The van der Waals surface area contributed by atoms with E-state index in [1.807, 2.05) is 4.90 Å². The van der Waals surface area contributed by atoms with Crippen LogP contribution in [-0.4, -0.2) is 46.1 Å². The highest BCUT2D eigenvalue weighted by Crippen LogP contribution is 2.43. The number of halogens is 1. The minimum atomic E-state index is -3.99. The highest BCUT2D eigenvalue weighted by molar-refractivity contribution is 7.92. The number of aryl methyl sites for hydroxylation is 2. The molecule has 0 saturated heterocycles. The molecular formula is C23H23FN6O3S. The van der Waals surface area contributed by atoms with Gasteiger partial charge in [-0.25, -0.2) is 9.37 Å². The molecule has 1 aromatic carbocycles. The molecule has 0 aliphatic carbocycles. The summed E-state index contributed by atoms with van der Waals surface area (Å²) in [7, 11) is 1.18. The predicted molar refractivity (Wildman–Crippen MR) is 127 cm³/mol. The molecule has 34 heavy (non-hydrogen) atoms. The number of hydrogen-bond donors (Lipinski definition) is 1. The van der Waals surface area contributed by atoms with Gasteiger partial charge >= 0.3 is 0 Å². The number of rotatable bonds is 4. The molecular weight excluding hydrogens is 459 g/mol. The summed E-state index contributed by atoms with van der Waals surface area (Å²) in [5, 5.41) is 4.28. The van der Waals surface area contributed by atoms with Crippen LogP contribution in [0.2, 0.25) is 0 Å². The normalized spacial score (nSPS) is 15.2. The lowest BCUT2D eigenvalue weighted by atomic mass is 9.96. The SMILES string of the molecule is CN1c2cc(-c3cn(C)c4nccc(NS(=O)(=O)c5ccn(C)n5)c34)c(F)cc2C(=O)C1(C)C. The molecule has 0 spiro atoms. The first-order chi connectivity index (χ1) is 15.9. The third-order valence-corrected chi connectivity index (χ3v) is 7.70. The summed E-state index contributed by atoms with van der Waals surface area (Å²) in [5.41, 5.74) is 1.56. The number of hydrogen-bond acceptors (Lipinski definition) is 6. The summed E-state index contributed by atoms with van der Waals surface area (Å²) < 4.78 is 47.0. The van der Waals surface area contributed by atoms with Crippen LogP contribution in [0.4, 0.5) is 15.8 Å². The molecule has 0 amide bonds. The van der Waals surface area contributed by atoms with E-state index in [-0.39, 0.29) is 22.1 Å². The Morgan fingerprint density at radius 1 is 1.06 bits per heavy atom. The quantitative estimate of drug-likeness (QED) is 0.479. The van der Waals surface area contributed by atoms with Gasteiger partial charge in [-0.15, -0.1) is 0 Å². The van der Waals surface area contributed by atoms with Crippen LogP contribution >= 0.6 is 0 Å². The minimum absolute atomic E-state index is 0.136. The van der Waals surface area contributed by atoms with Crippen LogP contribution in [0.3, 0.4) is 0 Å². The van der Waals surface area contributed by atoms with E-state index in [0.717, 1.165) is 0 Å². The van der Waals surface area contributed by atoms with Gasteiger partial charge in [0.2, 0.25) is 0 Å². The number of likely N-dealkylation sites (N-methyl/N-ethyl adjacent to an activating group) is 1. The summed E-state index contributed by atoms with van der Waals surface area (Å²) in [6, 6.07) is 5.80. The van der Waals surface area contributed by atoms with E-state index in [1.54, 1.807) is 51.8 Å². The van der Waals surface area contributed by atoms with Crippen molar-refractivity contribution in [3.8, 4) is 11.1 Å². The Kier molecular flexibility index (Phi) is 4.63. The van der Waals surface area contributed by atoms with Crippen molar-refractivity contribution in [2.45, 2.75) is 24.4 Å². The molecule has 9 nitrogen and oxygen atoms in total. The molecule has 0 bridgehead atoms. The van der Waals surface area contributed by atoms with Crippen molar-refractivity contribution in [2.75, 3.05) is 16.7 Å². The van der Waals surface area contributed by atoms with E-state index in [4.69, 9.17) is 0 Å². The summed E-state index contributed by atoms with van der Waals surface area (Å²) >= 11 is 0. The summed E-state index contributed by atoms with van der Waals surface area (Å²) in [6.45, 7) is 3.58. The fraction of sp³-hybridized carbons (Fsp3) is 0.261. The standard InChI is InChI=1S/C23H23FN6O3S/c1-23(2)21(31)14-10-16(24)13(11-18(14)30(23)5)15-12-28(3)22-20(15)17(6-8-25-22)27-34(32,33)19-7-9-29(4)26-19/h6-12H,1-5H3,(H,25,27). The predicted octanol–water partition coefficient (Wildman–Crippen LogP) is 3.32. The van der Waals surface area contributed by atoms with Gasteiger partial charge in [0.25, 0.3) is 10.0 Å². The van der Waals surface area contributed by atoms with Crippen molar-refractivity contribution in [1.82, 2.24) is 19.3 Å². The number of anilines is 2. The number of ketones is 1. The Morgan fingerprint density at radius 2 is 1.79 bits per heavy atom. The Morgan fingerprint density at radius 3 is 2.47 bits per heavy atom. The fourth-order valence-corrected chi connectivity index (χ4v) is 5.38. The van der Waals surface area contributed by atoms with E-state index < -0.39 is 21.4 Å². The summed E-state index contributed by atoms with van der Waals surface area (Å²) in [4.78, 5) is 19.0. The molecule has 0 fully saturated rings. The molecule has 0 radical (unpaired) electrons. The Hall–Kier alpha value is -3.73. The van der Waals surface area contributed by atoms with Gasteiger partial charge in [-0.2, -0.15) is 13.5 Å². The van der Waals surface area contributed by atoms with Gasteiger partial charge in [0, 0.05) is 62.1 Å². The van der Waals surface area contributed by atoms with Gasteiger partial charge in [0.15, 0.2) is 10.8 Å². The third-order valence-electron chi connectivity index (χ3n) is 6.44. The lowest BCUT2D eigenvalue weighted by Crippen LogP contribution is -2.42. The van der Waals surface area contributed by atoms with Crippen LogP contribution in [0.15, 0.2) is 47.9 Å². The third kappa shape index (κ3) is 3.11. The zero-order chi connectivity index (χ0) is 24.6. The first kappa shape index (κ1) is 22.1. The summed E-state index contributed by atoms with van der Waals surface area (Å²) in [5.74, 6) is -0.730. The summed E-state index contributed by atoms with van der Waals surface area (Å²) in [6.07, 6.45) is 4.71. The fourth-order valence-electron chi connectivity index (χ4n) is 4.34. The van der Waals surface area contributed by atoms with E-state index in [1.165, 1.54) is 35.3 Å². The van der Waals surface area contributed by atoms with E-state index in [9.17, 15) is 13.2 Å². The molecule has 5 rings (SSSR count). The largest absolute Gasteiger partial charge is 0.361 e. The molecule has 1 aliphatic heterocycles. The average Bonchev–Trinajstić information content (AvgIpc) is 3.40. The number of pyridine rings is 1. The smallest absolute Gasteiger partial charge is 0.281 e. The van der Waals surface area contributed by atoms with E-state index in [0.29, 0.717) is 27.8 Å². The van der Waals surface area contributed by atoms with Crippen molar-refractivity contribution in [2.24, 2.45) is 14.1 Å². The van der Waals surface area contributed by atoms with Gasteiger partial charge in [-0.3, -0.25) is 14.2 Å². The lowest BCUT2D eigenvalue weighted by Gasteiger charge is -2.28. The number of benzene rings is 1. The Bertz CT molecular complexity index is 1600. The first-order valence-corrected chi connectivity index (χ1v) is 12.0. The second kappa shape index (κ2) is 7.13. The van der Waals surface area contributed by atoms with Crippen molar-refractivity contribution in [3.63, 3.8) is 0 Å². The maximum atomic E-state index is 15.4. The second-order valence-corrected chi connectivity index (χ2v) is 10.6. The number of nitrogens with one attached hydrogen (secondary N) is 1. The number of carbonyl (C=O) groups is 1. The van der Waals surface area contributed by atoms with Gasteiger partial charge in [0.05, 0.1) is 16.6 Å². The highest BCUT2D eigenvalue weighted by atomic mass is 32.2. The van der Waals surface area contributed by atoms with Crippen LogP contribution in [-0.2, 0) is 24.1 Å². The molecule has 1 N–H and O–H groups in total. The van der Waals surface area contributed by atoms with Crippen LogP contribution in [0.25, 0.3) is 22.2 Å². The number of Topliss-reactive ketones (excluding diaryl/α,β-unsaturated/α-hetero) is 1. The first-order valence-electron chi connectivity index (χ1n) is 10.5. The van der Waals surface area contributed by atoms with Gasteiger partial charge in [-0.05, 0) is 38.1 Å². The van der Waals surface area contributed by atoms with E-state index in [2.05, 4.69) is 14.8 Å². The van der Waals surface area contributed by atoms with E-state index >= 15 is 4.39 Å². The number of aromatic nitrogens is 4. The van der Waals surface area contributed by atoms with Crippen LogP contribution in [0.5, 0.6) is 0 Å². The zero-order valence-electron chi connectivity index (χ0n) is 19.3. The molecule has 176 valence electrons. The topological polar surface area (TPSA) is 102 Å². The van der Waals surface area contributed by atoms with Crippen molar-refractivity contribution in [3.05, 3.63) is 54.2 Å². The molecule has 1 aliphatic rings. The number of sulfonamides is 1. The minimum Gasteiger partial charge on any atom is -0.361 e. The van der Waals surface area contributed by atoms with Crippen molar-refractivity contribution < 1.29 is 17.6 Å². The molecule has 4 heterocycles. The molecule has 11 heteroatoms. The number of nitrogens with zero attached hydrogens (tertiary/aromatic N) is 5. The van der Waals surface area contributed by atoms with Crippen molar-refractivity contribution >= 4 is 38.2 Å². The van der Waals surface area contributed by atoms with Crippen LogP contribution < -0.4 is 9.62 Å². The average molecular weight is 483 g/mol. The van der Waals surface area contributed by atoms with Crippen molar-refractivity contribution in [1.29, 1.82) is 0 Å². The molecule has 0 atom stereocenters. The zero-order valence-corrected chi connectivity index (χ0v) is 20.1. The lowest BCUT2D eigenvalue weighted by molar-refractivity contribution is 0.0927. The molecule has 3 aromatic heterocycles. The van der Waals surface area contributed by atoms with Gasteiger partial charge in [0.1, 0.15) is 11.5 Å². The number of fused-ring (bicyclic) bond motifs is 2. The Balaban J connectivity index is 1.70. The second-order valence-electron chi connectivity index (χ2n) is 8.94. The molecule has 0 saturated carbocycles.